The molecule has 0 saturated heterocycles. The zero-order valence-electron chi connectivity index (χ0n) is 7.86. The zero-order valence-corrected chi connectivity index (χ0v) is 11.2. The molecule has 13 heavy (non-hydrogen) atoms. The highest BCUT2D eigenvalue weighted by Crippen LogP contribution is 2.36. The molecule has 1 unspecified atom stereocenters. The number of hydrogen-bond acceptors (Lipinski definition) is 4. The van der Waals surface area contributed by atoms with Gasteiger partial charge < -0.3 is 0 Å². The van der Waals surface area contributed by atoms with E-state index in [-0.39, 0.29) is 0 Å². The van der Waals surface area contributed by atoms with E-state index in [0.717, 1.165) is 11.0 Å². The maximum absolute atomic E-state index is 4.21. The summed E-state index contributed by atoms with van der Waals surface area (Å²) in [7, 11) is 0. The van der Waals surface area contributed by atoms with E-state index in [1.165, 1.54) is 23.7 Å². The van der Waals surface area contributed by atoms with Gasteiger partial charge in [-0.15, -0.1) is 23.5 Å². The van der Waals surface area contributed by atoms with Crippen LogP contribution in [0.3, 0.4) is 0 Å². The van der Waals surface area contributed by atoms with Crippen molar-refractivity contribution in [3.63, 3.8) is 0 Å². The molecule has 1 heterocycles. The molecule has 0 fully saturated rings. The first-order valence-electron chi connectivity index (χ1n) is 4.49. The fourth-order valence-electron chi connectivity index (χ4n) is 1.07. The van der Waals surface area contributed by atoms with E-state index in [0.29, 0.717) is 0 Å². The molecule has 0 saturated carbocycles. The van der Waals surface area contributed by atoms with Crippen molar-refractivity contribution in [1.29, 1.82) is 0 Å². The normalized spacial score (nSPS) is 18.8. The van der Waals surface area contributed by atoms with Gasteiger partial charge in [0.1, 0.15) is 0 Å². The number of thioether (sulfide) groups is 3. The molecule has 1 aliphatic rings. The Kier molecular flexibility index (Phi) is 6.98. The van der Waals surface area contributed by atoms with Crippen molar-refractivity contribution < 1.29 is 0 Å². The Bertz CT molecular complexity index is 167. The number of rotatable bonds is 6. The largest absolute Gasteiger partial charge is 0.179 e. The van der Waals surface area contributed by atoms with Crippen molar-refractivity contribution in [2.45, 2.75) is 25.0 Å². The van der Waals surface area contributed by atoms with E-state index in [4.69, 9.17) is 0 Å². The van der Waals surface area contributed by atoms with E-state index < -0.39 is 0 Å². The van der Waals surface area contributed by atoms with Gasteiger partial charge in [0.05, 0.1) is 0 Å². The molecular weight excluding hydrogens is 236 g/mol. The molecule has 1 aliphatic heterocycles. The summed E-state index contributed by atoms with van der Waals surface area (Å²) in [5.74, 6) is 2.28. The molecule has 76 valence electrons. The number of thiol groups is 1. The van der Waals surface area contributed by atoms with Crippen molar-refractivity contribution >= 4 is 47.9 Å². The molecule has 4 heteroatoms. The van der Waals surface area contributed by atoms with Crippen LogP contribution >= 0.6 is 47.9 Å². The highest BCUT2D eigenvalue weighted by Gasteiger charge is 2.10. The Balaban J connectivity index is 2.06. The van der Waals surface area contributed by atoms with Gasteiger partial charge in [0, 0.05) is 10.3 Å². The second-order valence-electron chi connectivity index (χ2n) is 2.98. The van der Waals surface area contributed by atoms with E-state index >= 15 is 0 Å². The number of allylic oxidation sites excluding steroid dienone is 1. The van der Waals surface area contributed by atoms with Gasteiger partial charge in [-0.25, -0.2) is 0 Å². The molecule has 0 aromatic heterocycles. The van der Waals surface area contributed by atoms with E-state index in [1.807, 2.05) is 23.5 Å². The molecule has 0 aromatic rings. The van der Waals surface area contributed by atoms with Crippen LogP contribution in [-0.4, -0.2) is 21.8 Å². The van der Waals surface area contributed by atoms with Gasteiger partial charge in [0.15, 0.2) is 0 Å². The highest BCUT2D eigenvalue weighted by atomic mass is 32.2. The molecule has 0 N–H and O–H groups in total. The van der Waals surface area contributed by atoms with Crippen LogP contribution in [0.2, 0.25) is 0 Å². The maximum Gasteiger partial charge on any atom is 0.0478 e. The fraction of sp³-hybridized carbons (Fsp3) is 0.778. The second kappa shape index (κ2) is 7.43. The minimum atomic E-state index is 0.775. The maximum atomic E-state index is 4.21. The van der Waals surface area contributed by atoms with Crippen LogP contribution < -0.4 is 0 Å². The third-order valence-corrected chi connectivity index (χ3v) is 5.57. The molecule has 0 aromatic carbocycles. The van der Waals surface area contributed by atoms with Crippen LogP contribution in [0, 0.1) is 0 Å². The summed E-state index contributed by atoms with van der Waals surface area (Å²) >= 11 is 10.2. The third kappa shape index (κ3) is 5.55. The summed E-state index contributed by atoms with van der Waals surface area (Å²) in [6.07, 6.45) is 2.49. The lowest BCUT2D eigenvalue weighted by Gasteiger charge is -2.10. The summed E-state index contributed by atoms with van der Waals surface area (Å²) in [6, 6.07) is 0. The molecule has 1 rings (SSSR count). The first-order chi connectivity index (χ1) is 6.33. The third-order valence-electron chi connectivity index (χ3n) is 1.72. The second-order valence-corrected chi connectivity index (χ2v) is 7.29. The van der Waals surface area contributed by atoms with Crippen LogP contribution in [-0.2, 0) is 0 Å². The molecule has 0 aliphatic carbocycles. The van der Waals surface area contributed by atoms with Crippen LogP contribution in [0.15, 0.2) is 10.3 Å². The van der Waals surface area contributed by atoms with Crippen LogP contribution in [0.5, 0.6) is 0 Å². The van der Waals surface area contributed by atoms with Crippen LogP contribution in [0.1, 0.15) is 19.8 Å². The Morgan fingerprint density at radius 1 is 1.69 bits per heavy atom. The van der Waals surface area contributed by atoms with E-state index in [2.05, 4.69) is 36.7 Å². The average molecular weight is 252 g/mol. The van der Waals surface area contributed by atoms with E-state index in [1.54, 1.807) is 4.91 Å². The summed E-state index contributed by atoms with van der Waals surface area (Å²) in [5.41, 5.74) is 0. The highest BCUT2D eigenvalue weighted by molar-refractivity contribution is 8.22. The fourth-order valence-corrected chi connectivity index (χ4v) is 4.83. The topological polar surface area (TPSA) is 0 Å². The van der Waals surface area contributed by atoms with Crippen molar-refractivity contribution in [3.8, 4) is 0 Å². The summed E-state index contributed by atoms with van der Waals surface area (Å²) in [5, 5.41) is 4.32. The Labute approximate surface area is 99.5 Å². The molecule has 0 nitrogen and oxygen atoms in total. The summed E-state index contributed by atoms with van der Waals surface area (Å²) < 4.78 is 0. The predicted octanol–water partition coefficient (Wildman–Crippen LogP) is 4.10. The van der Waals surface area contributed by atoms with Gasteiger partial charge in [-0.2, -0.15) is 24.4 Å². The van der Waals surface area contributed by atoms with Crippen molar-refractivity contribution in [1.82, 2.24) is 0 Å². The van der Waals surface area contributed by atoms with Gasteiger partial charge in [-0.05, 0) is 34.7 Å². The standard InChI is InChI=1S/C9H16S4/c1-8(12-4-2-3-10)5-9-6-11-7-13-9/h6,8,10H,2-5,7H2,1H3. The predicted molar refractivity (Wildman–Crippen MR) is 73.1 cm³/mol. The average Bonchev–Trinajstić information content (AvgIpc) is 2.57. The van der Waals surface area contributed by atoms with Gasteiger partial charge in [0.2, 0.25) is 0 Å². The SMILES string of the molecule is CC(CC1=CSCS1)SCCCS. The lowest BCUT2D eigenvalue weighted by atomic mass is 10.3. The first-order valence-corrected chi connectivity index (χ1v) is 8.20. The van der Waals surface area contributed by atoms with Crippen molar-refractivity contribution in [3.05, 3.63) is 10.3 Å². The summed E-state index contributed by atoms with van der Waals surface area (Å²) in [4.78, 5) is 1.58. The van der Waals surface area contributed by atoms with Gasteiger partial charge >= 0.3 is 0 Å². The minimum absolute atomic E-state index is 0.775. The molecule has 0 radical (unpaired) electrons. The smallest absolute Gasteiger partial charge is 0.0478 e. The van der Waals surface area contributed by atoms with Gasteiger partial charge in [-0.3, -0.25) is 0 Å². The lowest BCUT2D eigenvalue weighted by molar-refractivity contribution is 0.965. The van der Waals surface area contributed by atoms with Crippen molar-refractivity contribution in [2.24, 2.45) is 0 Å². The summed E-state index contributed by atoms with van der Waals surface area (Å²) in [6.45, 7) is 2.33. The van der Waals surface area contributed by atoms with E-state index in [9.17, 15) is 0 Å². The van der Waals surface area contributed by atoms with Crippen molar-refractivity contribution in [2.75, 3.05) is 16.6 Å². The van der Waals surface area contributed by atoms with Crippen LogP contribution in [0.25, 0.3) is 0 Å². The Hall–Kier alpha value is 1.14. The molecule has 0 spiro atoms. The van der Waals surface area contributed by atoms with Gasteiger partial charge in [-0.1, -0.05) is 6.92 Å². The Morgan fingerprint density at radius 3 is 3.15 bits per heavy atom. The lowest BCUT2D eigenvalue weighted by Crippen LogP contribution is -1.98. The number of hydrogen-bond donors (Lipinski definition) is 1. The Morgan fingerprint density at radius 2 is 2.54 bits per heavy atom. The molecular formula is C9H16S4. The van der Waals surface area contributed by atoms with Gasteiger partial charge in [0.25, 0.3) is 0 Å². The first kappa shape index (κ1) is 12.2. The molecule has 0 bridgehead atoms. The zero-order chi connectivity index (χ0) is 9.52. The minimum Gasteiger partial charge on any atom is -0.179 e. The quantitative estimate of drug-likeness (QED) is 0.559. The molecule has 1 atom stereocenters. The molecule has 0 amide bonds. The monoisotopic (exact) mass is 252 g/mol. The van der Waals surface area contributed by atoms with Crippen LogP contribution in [0.4, 0.5) is 0 Å².